The molecule has 1 aromatic carbocycles. The molecule has 0 radical (unpaired) electrons. The first-order valence-corrected chi connectivity index (χ1v) is 7.30. The summed E-state index contributed by atoms with van der Waals surface area (Å²) in [5.41, 5.74) is 1.65. The number of benzene rings is 1. The predicted octanol–water partition coefficient (Wildman–Crippen LogP) is 3.99. The lowest BCUT2D eigenvalue weighted by molar-refractivity contribution is 0.245. The van der Waals surface area contributed by atoms with Gasteiger partial charge in [0.25, 0.3) is 0 Å². The maximum absolute atomic E-state index is 9.24. The van der Waals surface area contributed by atoms with Gasteiger partial charge in [-0.05, 0) is 55.3 Å². The van der Waals surface area contributed by atoms with E-state index in [2.05, 4.69) is 39.9 Å². The second kappa shape index (κ2) is 6.95. The van der Waals surface area contributed by atoms with Crippen LogP contribution >= 0.6 is 0 Å². The average molecular weight is 263 g/mol. The first kappa shape index (κ1) is 16.0. The maximum Gasteiger partial charge on any atom is 0.115 e. The van der Waals surface area contributed by atoms with Gasteiger partial charge < -0.3 is 10.4 Å². The SMILES string of the molecule is CC(CCc1ccc(O)cc1)NCC(C)C(C)(C)C. The molecule has 0 saturated carbocycles. The van der Waals surface area contributed by atoms with E-state index in [4.69, 9.17) is 0 Å². The van der Waals surface area contributed by atoms with Gasteiger partial charge in [-0.2, -0.15) is 0 Å². The summed E-state index contributed by atoms with van der Waals surface area (Å²) in [5.74, 6) is 1.01. The number of hydrogen-bond acceptors (Lipinski definition) is 2. The second-order valence-electron chi connectivity index (χ2n) is 6.78. The monoisotopic (exact) mass is 263 g/mol. The Balaban J connectivity index is 2.28. The van der Waals surface area contributed by atoms with Gasteiger partial charge in [0.15, 0.2) is 0 Å². The third kappa shape index (κ3) is 6.11. The maximum atomic E-state index is 9.24. The summed E-state index contributed by atoms with van der Waals surface area (Å²) in [5, 5.41) is 12.9. The minimum absolute atomic E-state index is 0.342. The van der Waals surface area contributed by atoms with Crippen LogP contribution in [0.4, 0.5) is 0 Å². The predicted molar refractivity (Wildman–Crippen MR) is 82.5 cm³/mol. The van der Waals surface area contributed by atoms with Crippen LogP contribution in [0.1, 0.15) is 46.6 Å². The van der Waals surface area contributed by atoms with E-state index in [9.17, 15) is 5.11 Å². The molecule has 0 aliphatic rings. The molecule has 0 fully saturated rings. The first-order valence-electron chi connectivity index (χ1n) is 7.30. The summed E-state index contributed by atoms with van der Waals surface area (Å²) < 4.78 is 0. The van der Waals surface area contributed by atoms with Crippen LogP contribution in [-0.4, -0.2) is 17.7 Å². The number of aryl methyl sites for hydroxylation is 1. The Morgan fingerprint density at radius 1 is 1.11 bits per heavy atom. The fourth-order valence-corrected chi connectivity index (χ4v) is 1.83. The Morgan fingerprint density at radius 3 is 2.21 bits per heavy atom. The second-order valence-corrected chi connectivity index (χ2v) is 6.78. The van der Waals surface area contributed by atoms with Crippen molar-refractivity contribution in [2.75, 3.05) is 6.54 Å². The van der Waals surface area contributed by atoms with Crippen LogP contribution in [0.3, 0.4) is 0 Å². The highest BCUT2D eigenvalue weighted by molar-refractivity contribution is 5.25. The van der Waals surface area contributed by atoms with Crippen LogP contribution in [0.25, 0.3) is 0 Å². The average Bonchev–Trinajstić information content (AvgIpc) is 2.34. The highest BCUT2D eigenvalue weighted by Crippen LogP contribution is 2.24. The highest BCUT2D eigenvalue weighted by atomic mass is 16.3. The molecule has 2 unspecified atom stereocenters. The van der Waals surface area contributed by atoms with E-state index in [0.717, 1.165) is 19.4 Å². The molecule has 1 rings (SSSR count). The molecule has 0 amide bonds. The molecule has 0 heterocycles. The molecular formula is C17H29NO. The molecule has 0 spiro atoms. The lowest BCUT2D eigenvalue weighted by atomic mass is 9.82. The molecule has 1 aromatic rings. The van der Waals surface area contributed by atoms with Gasteiger partial charge in [0.05, 0.1) is 0 Å². The molecule has 0 aromatic heterocycles. The summed E-state index contributed by atoms with van der Waals surface area (Å²) >= 11 is 0. The van der Waals surface area contributed by atoms with Crippen molar-refractivity contribution in [1.82, 2.24) is 5.32 Å². The van der Waals surface area contributed by atoms with Crippen molar-refractivity contribution >= 4 is 0 Å². The molecule has 2 heteroatoms. The van der Waals surface area contributed by atoms with Gasteiger partial charge in [-0.25, -0.2) is 0 Å². The molecule has 2 atom stereocenters. The van der Waals surface area contributed by atoms with Gasteiger partial charge in [-0.15, -0.1) is 0 Å². The minimum atomic E-state index is 0.342. The molecule has 108 valence electrons. The number of phenols is 1. The van der Waals surface area contributed by atoms with E-state index in [1.54, 1.807) is 12.1 Å². The standard InChI is InChI=1S/C17H29NO/c1-13(17(3,4)5)12-18-14(2)6-7-15-8-10-16(19)11-9-15/h8-11,13-14,18-19H,6-7,12H2,1-5H3. The molecule has 0 aliphatic carbocycles. The van der Waals surface area contributed by atoms with Crippen LogP contribution in [0.2, 0.25) is 0 Å². The van der Waals surface area contributed by atoms with Crippen molar-refractivity contribution in [2.45, 2.75) is 53.5 Å². The van der Waals surface area contributed by atoms with Gasteiger partial charge in [-0.3, -0.25) is 0 Å². The Bertz CT molecular complexity index is 364. The van der Waals surface area contributed by atoms with Crippen molar-refractivity contribution in [3.63, 3.8) is 0 Å². The zero-order chi connectivity index (χ0) is 14.5. The third-order valence-corrected chi connectivity index (χ3v) is 4.05. The number of phenolic OH excluding ortho intramolecular Hbond substituents is 1. The van der Waals surface area contributed by atoms with Gasteiger partial charge in [0.1, 0.15) is 5.75 Å². The lowest BCUT2D eigenvalue weighted by Crippen LogP contribution is -2.35. The van der Waals surface area contributed by atoms with E-state index in [-0.39, 0.29) is 0 Å². The van der Waals surface area contributed by atoms with E-state index in [1.807, 2.05) is 12.1 Å². The fourth-order valence-electron chi connectivity index (χ4n) is 1.83. The summed E-state index contributed by atoms with van der Waals surface area (Å²) in [6.45, 7) is 12.5. The van der Waals surface area contributed by atoms with Crippen LogP contribution in [-0.2, 0) is 6.42 Å². The van der Waals surface area contributed by atoms with Gasteiger partial charge in [-0.1, -0.05) is 39.8 Å². The summed E-state index contributed by atoms with van der Waals surface area (Å²) in [7, 11) is 0. The van der Waals surface area contributed by atoms with Crippen molar-refractivity contribution in [3.05, 3.63) is 29.8 Å². The van der Waals surface area contributed by atoms with E-state index in [1.165, 1.54) is 5.56 Å². The number of rotatable bonds is 6. The Morgan fingerprint density at radius 2 is 1.68 bits per heavy atom. The Hall–Kier alpha value is -1.02. The molecule has 19 heavy (non-hydrogen) atoms. The summed E-state index contributed by atoms with van der Waals surface area (Å²) in [6.07, 6.45) is 2.18. The molecule has 2 nitrogen and oxygen atoms in total. The lowest BCUT2D eigenvalue weighted by Gasteiger charge is -2.28. The molecule has 2 N–H and O–H groups in total. The van der Waals surface area contributed by atoms with E-state index >= 15 is 0 Å². The van der Waals surface area contributed by atoms with Crippen LogP contribution in [0, 0.1) is 11.3 Å². The number of aromatic hydroxyl groups is 1. The fraction of sp³-hybridized carbons (Fsp3) is 0.647. The highest BCUT2D eigenvalue weighted by Gasteiger charge is 2.19. The molecule has 0 aliphatic heterocycles. The van der Waals surface area contributed by atoms with Crippen molar-refractivity contribution in [2.24, 2.45) is 11.3 Å². The van der Waals surface area contributed by atoms with E-state index in [0.29, 0.717) is 23.1 Å². The zero-order valence-electron chi connectivity index (χ0n) is 13.0. The smallest absolute Gasteiger partial charge is 0.115 e. The summed E-state index contributed by atoms with van der Waals surface area (Å²) in [4.78, 5) is 0. The normalized spacial score (nSPS) is 15.2. The molecule has 0 bridgehead atoms. The minimum Gasteiger partial charge on any atom is -0.508 e. The van der Waals surface area contributed by atoms with Gasteiger partial charge in [0.2, 0.25) is 0 Å². The Labute approximate surface area is 118 Å². The number of hydrogen-bond donors (Lipinski definition) is 2. The van der Waals surface area contributed by atoms with Crippen LogP contribution in [0.15, 0.2) is 24.3 Å². The van der Waals surface area contributed by atoms with Crippen molar-refractivity contribution in [3.8, 4) is 5.75 Å². The number of nitrogens with one attached hydrogen (secondary N) is 1. The third-order valence-electron chi connectivity index (χ3n) is 4.05. The first-order chi connectivity index (χ1) is 8.79. The molecule has 0 saturated heterocycles. The van der Waals surface area contributed by atoms with Gasteiger partial charge in [0, 0.05) is 6.04 Å². The topological polar surface area (TPSA) is 32.3 Å². The van der Waals surface area contributed by atoms with Gasteiger partial charge >= 0.3 is 0 Å². The largest absolute Gasteiger partial charge is 0.508 e. The van der Waals surface area contributed by atoms with Crippen LogP contribution in [0.5, 0.6) is 5.75 Å². The quantitative estimate of drug-likeness (QED) is 0.813. The zero-order valence-corrected chi connectivity index (χ0v) is 13.0. The van der Waals surface area contributed by atoms with Crippen LogP contribution < -0.4 is 5.32 Å². The molecular weight excluding hydrogens is 234 g/mol. The van der Waals surface area contributed by atoms with Crippen molar-refractivity contribution < 1.29 is 5.11 Å². The summed E-state index contributed by atoms with van der Waals surface area (Å²) in [6, 6.07) is 8.04. The van der Waals surface area contributed by atoms with E-state index < -0.39 is 0 Å². The van der Waals surface area contributed by atoms with Crippen molar-refractivity contribution in [1.29, 1.82) is 0 Å². The Kier molecular flexibility index (Phi) is 5.86.